The molecule has 8 aromatic carbocycles. The van der Waals surface area contributed by atoms with Crippen LogP contribution in [0.15, 0.2) is 170 Å². The van der Waals surface area contributed by atoms with Crippen LogP contribution in [0.3, 0.4) is 0 Å². The van der Waals surface area contributed by atoms with E-state index in [1.54, 1.807) is 0 Å². The maximum atomic E-state index is 2.46. The predicted octanol–water partition coefficient (Wildman–Crippen LogP) is 13.5. The second-order valence-electron chi connectivity index (χ2n) is 13.7. The molecule has 1 aliphatic rings. The van der Waals surface area contributed by atoms with Gasteiger partial charge in [0.05, 0.1) is 0 Å². The fraction of sp³-hybridized carbons (Fsp3) is 0.0612. The van der Waals surface area contributed by atoms with Crippen molar-refractivity contribution in [1.29, 1.82) is 0 Å². The lowest BCUT2D eigenvalue weighted by Crippen LogP contribution is -2.14. The maximum absolute atomic E-state index is 2.46. The number of hydrogen-bond acceptors (Lipinski definition) is 0. The van der Waals surface area contributed by atoms with Crippen molar-refractivity contribution in [3.8, 4) is 44.5 Å². The molecular weight excluding hydrogens is 589 g/mol. The van der Waals surface area contributed by atoms with E-state index in [-0.39, 0.29) is 5.41 Å². The Morgan fingerprint density at radius 1 is 0.347 bits per heavy atom. The largest absolute Gasteiger partial charge is 0.0622 e. The Bertz CT molecular complexity index is 2470. The minimum Gasteiger partial charge on any atom is -0.0622 e. The summed E-state index contributed by atoms with van der Waals surface area (Å²) in [6.07, 6.45) is 4.40. The highest BCUT2D eigenvalue weighted by Crippen LogP contribution is 2.51. The normalized spacial score (nSPS) is 13.2. The maximum Gasteiger partial charge on any atom is 0.0159 e. The molecule has 0 unspecified atom stereocenters. The first-order valence-electron chi connectivity index (χ1n) is 17.2. The zero-order valence-electron chi connectivity index (χ0n) is 27.8. The van der Waals surface area contributed by atoms with Crippen molar-refractivity contribution in [2.24, 2.45) is 0 Å². The van der Waals surface area contributed by atoms with E-state index in [2.05, 4.69) is 196 Å². The van der Waals surface area contributed by atoms with E-state index in [1.165, 1.54) is 88.3 Å². The first-order valence-corrected chi connectivity index (χ1v) is 17.2. The van der Waals surface area contributed by atoms with E-state index in [4.69, 9.17) is 0 Å². The first-order chi connectivity index (χ1) is 24.1. The van der Waals surface area contributed by atoms with Gasteiger partial charge in [0.1, 0.15) is 0 Å². The zero-order chi connectivity index (χ0) is 33.0. The number of rotatable bonds is 5. The molecule has 0 bridgehead atoms. The van der Waals surface area contributed by atoms with E-state index in [1.807, 2.05) is 0 Å². The fourth-order valence-corrected chi connectivity index (χ4v) is 7.98. The van der Waals surface area contributed by atoms with Crippen molar-refractivity contribution < 1.29 is 0 Å². The average molecular weight is 625 g/mol. The summed E-state index contributed by atoms with van der Waals surface area (Å²) < 4.78 is 0. The van der Waals surface area contributed by atoms with E-state index in [0.29, 0.717) is 0 Å². The van der Waals surface area contributed by atoms with Gasteiger partial charge in [-0.25, -0.2) is 0 Å². The lowest BCUT2D eigenvalue weighted by molar-refractivity contribution is 0.660. The smallest absolute Gasteiger partial charge is 0.0159 e. The summed E-state index contributed by atoms with van der Waals surface area (Å²) in [5, 5.41) is 5.13. The van der Waals surface area contributed by atoms with Crippen molar-refractivity contribution in [3.05, 3.63) is 192 Å². The standard InChI is InChI=1S/C49H36/c1-49(2)45-19-11-10-14-39(45)40-31-30-38(32-46(40)49)48-43-17-8-6-15-41(43)47(42-16-7-9-18-44(42)48)37-28-24-34(25-29-37)21-20-33-22-26-36(27-23-33)35-12-4-3-5-13-35/h3-32H,1-2H3. The Morgan fingerprint density at radius 3 is 1.37 bits per heavy atom. The molecule has 49 heavy (non-hydrogen) atoms. The molecule has 1 aliphatic carbocycles. The molecule has 0 aromatic heterocycles. The molecule has 0 saturated heterocycles. The second-order valence-corrected chi connectivity index (χ2v) is 13.7. The third-order valence-electron chi connectivity index (χ3n) is 10.5. The number of hydrogen-bond donors (Lipinski definition) is 0. The van der Waals surface area contributed by atoms with Crippen molar-refractivity contribution >= 4 is 33.7 Å². The molecule has 0 N–H and O–H groups in total. The fourth-order valence-electron chi connectivity index (χ4n) is 7.98. The van der Waals surface area contributed by atoms with Gasteiger partial charge in [-0.15, -0.1) is 0 Å². The quantitative estimate of drug-likeness (QED) is 0.132. The van der Waals surface area contributed by atoms with E-state index in [9.17, 15) is 0 Å². The van der Waals surface area contributed by atoms with E-state index in [0.717, 1.165) is 0 Å². The van der Waals surface area contributed by atoms with Gasteiger partial charge in [-0.3, -0.25) is 0 Å². The molecule has 0 atom stereocenters. The molecule has 232 valence electrons. The van der Waals surface area contributed by atoms with Gasteiger partial charge in [0.25, 0.3) is 0 Å². The topological polar surface area (TPSA) is 0 Å². The summed E-state index contributed by atoms with van der Waals surface area (Å²) in [6, 6.07) is 62.2. The van der Waals surface area contributed by atoms with Crippen LogP contribution in [-0.2, 0) is 5.41 Å². The van der Waals surface area contributed by atoms with Crippen LogP contribution in [0, 0.1) is 0 Å². The third kappa shape index (κ3) is 4.91. The van der Waals surface area contributed by atoms with Gasteiger partial charge in [0.15, 0.2) is 0 Å². The van der Waals surface area contributed by atoms with E-state index >= 15 is 0 Å². The van der Waals surface area contributed by atoms with Gasteiger partial charge in [0.2, 0.25) is 0 Å². The van der Waals surface area contributed by atoms with Crippen molar-refractivity contribution in [3.63, 3.8) is 0 Å². The Kier molecular flexibility index (Phi) is 6.92. The highest BCUT2D eigenvalue weighted by atomic mass is 14.4. The number of benzene rings is 8. The predicted molar refractivity (Wildman–Crippen MR) is 211 cm³/mol. The molecular formula is C49H36. The molecule has 0 heteroatoms. The summed E-state index contributed by atoms with van der Waals surface area (Å²) in [5.74, 6) is 0. The van der Waals surface area contributed by atoms with Crippen LogP contribution >= 0.6 is 0 Å². The monoisotopic (exact) mass is 624 g/mol. The van der Waals surface area contributed by atoms with Crippen LogP contribution in [0.1, 0.15) is 36.1 Å². The molecule has 0 heterocycles. The van der Waals surface area contributed by atoms with Gasteiger partial charge in [-0.1, -0.05) is 190 Å². The van der Waals surface area contributed by atoms with Gasteiger partial charge in [-0.05, 0) is 94.4 Å². The summed E-state index contributed by atoms with van der Waals surface area (Å²) in [4.78, 5) is 0. The molecule has 9 rings (SSSR count). The SMILES string of the molecule is CC1(C)c2ccccc2-c2ccc(-c3c4ccccc4c(-c4ccc(C=Cc5ccc(-c6ccccc6)cc5)cc4)c4ccccc34)cc21. The molecule has 0 saturated carbocycles. The second kappa shape index (κ2) is 11.6. The average Bonchev–Trinajstić information content (AvgIpc) is 3.39. The summed E-state index contributed by atoms with van der Waals surface area (Å²) in [5.41, 5.74) is 15.4. The Balaban J connectivity index is 1.11. The summed E-state index contributed by atoms with van der Waals surface area (Å²) in [6.45, 7) is 4.72. The minimum atomic E-state index is -0.0463. The van der Waals surface area contributed by atoms with Crippen LogP contribution in [0.2, 0.25) is 0 Å². The molecule has 0 radical (unpaired) electrons. The van der Waals surface area contributed by atoms with Crippen LogP contribution in [-0.4, -0.2) is 0 Å². The van der Waals surface area contributed by atoms with Gasteiger partial charge in [-0.2, -0.15) is 0 Å². The Morgan fingerprint density at radius 2 is 0.776 bits per heavy atom. The summed E-state index contributed by atoms with van der Waals surface area (Å²) in [7, 11) is 0. The molecule has 0 aliphatic heterocycles. The molecule has 0 amide bonds. The molecule has 0 spiro atoms. The third-order valence-corrected chi connectivity index (χ3v) is 10.5. The van der Waals surface area contributed by atoms with Crippen molar-refractivity contribution in [2.45, 2.75) is 19.3 Å². The van der Waals surface area contributed by atoms with Crippen LogP contribution < -0.4 is 0 Å². The van der Waals surface area contributed by atoms with Gasteiger partial charge < -0.3 is 0 Å². The highest BCUT2D eigenvalue weighted by molar-refractivity contribution is 6.21. The lowest BCUT2D eigenvalue weighted by atomic mass is 9.80. The van der Waals surface area contributed by atoms with Gasteiger partial charge in [0, 0.05) is 5.41 Å². The lowest BCUT2D eigenvalue weighted by Gasteiger charge is -2.23. The summed E-state index contributed by atoms with van der Waals surface area (Å²) >= 11 is 0. The van der Waals surface area contributed by atoms with Crippen molar-refractivity contribution in [1.82, 2.24) is 0 Å². The molecule has 0 nitrogen and oxygen atoms in total. The first kappa shape index (κ1) is 29.2. The van der Waals surface area contributed by atoms with Crippen molar-refractivity contribution in [2.75, 3.05) is 0 Å². The number of fused-ring (bicyclic) bond motifs is 5. The van der Waals surface area contributed by atoms with Crippen LogP contribution in [0.25, 0.3) is 78.2 Å². The molecule has 0 fully saturated rings. The Labute approximate surface area is 288 Å². The zero-order valence-corrected chi connectivity index (χ0v) is 27.8. The Hall–Kier alpha value is -5.98. The van der Waals surface area contributed by atoms with Gasteiger partial charge >= 0.3 is 0 Å². The minimum absolute atomic E-state index is 0.0463. The molecule has 8 aromatic rings. The van der Waals surface area contributed by atoms with Crippen LogP contribution in [0.5, 0.6) is 0 Å². The van der Waals surface area contributed by atoms with Crippen LogP contribution in [0.4, 0.5) is 0 Å². The highest BCUT2D eigenvalue weighted by Gasteiger charge is 2.35. The van der Waals surface area contributed by atoms with E-state index < -0.39 is 0 Å².